The quantitative estimate of drug-likeness (QED) is 0.673. The first-order valence-electron chi connectivity index (χ1n) is 8.05. The van der Waals surface area contributed by atoms with Crippen LogP contribution in [0.25, 0.3) is 6.08 Å². The van der Waals surface area contributed by atoms with E-state index in [1.807, 2.05) is 0 Å². The Kier molecular flexibility index (Phi) is 4.71. The molecule has 1 aromatic carbocycles. The number of halogens is 1. The van der Waals surface area contributed by atoms with E-state index in [0.29, 0.717) is 28.1 Å². The molecule has 0 fully saturated rings. The van der Waals surface area contributed by atoms with E-state index in [0.717, 1.165) is 0 Å². The molecule has 1 aromatic heterocycles. The Bertz CT molecular complexity index is 956. The van der Waals surface area contributed by atoms with Crippen LogP contribution in [0.3, 0.4) is 0 Å². The summed E-state index contributed by atoms with van der Waals surface area (Å²) in [4.78, 5) is 31.3. The van der Waals surface area contributed by atoms with Gasteiger partial charge in [-0.2, -0.15) is 0 Å². The number of aliphatic imine (C=N–C) groups is 1. The zero-order chi connectivity index (χ0) is 18.8. The number of esters is 2. The zero-order valence-corrected chi connectivity index (χ0v) is 14.6. The molecule has 1 aliphatic heterocycles. The molecule has 1 aliphatic rings. The van der Waals surface area contributed by atoms with Crippen LogP contribution in [0.5, 0.6) is 0 Å². The van der Waals surface area contributed by atoms with Crippen molar-refractivity contribution in [1.82, 2.24) is 4.98 Å². The normalized spacial score (nSPS) is 15.2. The summed E-state index contributed by atoms with van der Waals surface area (Å²) in [6.07, 6.45) is 1.50. The van der Waals surface area contributed by atoms with Crippen molar-refractivity contribution in [3.8, 4) is 0 Å². The number of aryl methyl sites for hydroxylation is 1. The van der Waals surface area contributed by atoms with Crippen LogP contribution in [-0.2, 0) is 14.3 Å². The fourth-order valence-corrected chi connectivity index (χ4v) is 2.72. The number of benzene rings is 1. The summed E-state index contributed by atoms with van der Waals surface area (Å²) in [6, 6.07) is 5.63. The Morgan fingerprint density at radius 2 is 2.15 bits per heavy atom. The van der Waals surface area contributed by atoms with Crippen molar-refractivity contribution in [1.29, 1.82) is 0 Å². The fraction of sp³-hybridized carbons (Fsp3) is 0.211. The second kappa shape index (κ2) is 6.95. The molecule has 0 radical (unpaired) electrons. The molecule has 2 heterocycles. The van der Waals surface area contributed by atoms with Gasteiger partial charge in [-0.15, -0.1) is 0 Å². The molecule has 0 spiro atoms. The molecule has 26 heavy (non-hydrogen) atoms. The molecule has 6 nitrogen and oxygen atoms in total. The summed E-state index contributed by atoms with van der Waals surface area (Å²) < 4.78 is 23.5. The molecule has 7 heteroatoms. The fourth-order valence-electron chi connectivity index (χ4n) is 2.72. The predicted molar refractivity (Wildman–Crippen MR) is 93.2 cm³/mol. The van der Waals surface area contributed by atoms with Crippen LogP contribution in [0.15, 0.2) is 35.0 Å². The number of ether oxygens (including phenoxy) is 2. The number of hydrogen-bond donors (Lipinski definition) is 1. The lowest BCUT2D eigenvalue weighted by Gasteiger charge is -2.01. The Balaban J connectivity index is 1.96. The van der Waals surface area contributed by atoms with Gasteiger partial charge in [0.2, 0.25) is 5.90 Å². The Hall–Kier alpha value is -3.22. The van der Waals surface area contributed by atoms with E-state index in [-0.39, 0.29) is 18.2 Å². The van der Waals surface area contributed by atoms with Gasteiger partial charge in [0.25, 0.3) is 0 Å². The summed E-state index contributed by atoms with van der Waals surface area (Å²) in [7, 11) is 0. The highest BCUT2D eigenvalue weighted by atomic mass is 19.1. The van der Waals surface area contributed by atoms with E-state index in [4.69, 9.17) is 9.47 Å². The summed E-state index contributed by atoms with van der Waals surface area (Å²) in [5.41, 5.74) is 2.70. The standard InChI is InChI=1S/C19H17FN2O4/c1-4-25-19(24)16-10(2)14(21-11(16)3)9-15-18(23)26-17(22-15)12-6-5-7-13(20)8-12/h5-9,21H,4H2,1-3H3/b15-9-. The lowest BCUT2D eigenvalue weighted by Crippen LogP contribution is -2.06. The predicted octanol–water partition coefficient (Wildman–Crippen LogP) is 3.29. The van der Waals surface area contributed by atoms with E-state index in [1.54, 1.807) is 26.8 Å². The minimum Gasteiger partial charge on any atom is -0.462 e. The number of nitrogens with one attached hydrogen (secondary N) is 1. The molecule has 2 aromatic rings. The third-order valence-corrected chi connectivity index (χ3v) is 3.93. The maximum absolute atomic E-state index is 13.3. The number of nitrogens with zero attached hydrogens (tertiary/aromatic N) is 1. The number of cyclic esters (lactones) is 1. The number of rotatable bonds is 4. The lowest BCUT2D eigenvalue weighted by atomic mass is 10.1. The van der Waals surface area contributed by atoms with Crippen molar-refractivity contribution in [2.75, 3.05) is 6.61 Å². The first-order valence-corrected chi connectivity index (χ1v) is 8.05. The molecular weight excluding hydrogens is 339 g/mol. The summed E-state index contributed by atoms with van der Waals surface area (Å²) >= 11 is 0. The van der Waals surface area contributed by atoms with Crippen molar-refractivity contribution in [3.63, 3.8) is 0 Å². The summed E-state index contributed by atoms with van der Waals surface area (Å²) in [6.45, 7) is 5.50. The highest BCUT2D eigenvalue weighted by Gasteiger charge is 2.26. The third kappa shape index (κ3) is 3.28. The number of H-pyrrole nitrogens is 1. The molecule has 0 aliphatic carbocycles. The van der Waals surface area contributed by atoms with E-state index in [2.05, 4.69) is 9.98 Å². The van der Waals surface area contributed by atoms with Crippen LogP contribution < -0.4 is 0 Å². The van der Waals surface area contributed by atoms with Gasteiger partial charge in [0.1, 0.15) is 5.82 Å². The summed E-state index contributed by atoms with van der Waals surface area (Å²) in [5.74, 6) is -1.49. The lowest BCUT2D eigenvalue weighted by molar-refractivity contribution is -0.129. The van der Waals surface area contributed by atoms with Gasteiger partial charge in [-0.05, 0) is 50.6 Å². The van der Waals surface area contributed by atoms with E-state index in [1.165, 1.54) is 24.3 Å². The van der Waals surface area contributed by atoms with Gasteiger partial charge >= 0.3 is 11.9 Å². The molecule has 0 saturated carbocycles. The molecule has 1 N–H and O–H groups in total. The van der Waals surface area contributed by atoms with Gasteiger partial charge in [-0.3, -0.25) is 0 Å². The second-order valence-corrected chi connectivity index (χ2v) is 5.73. The van der Waals surface area contributed by atoms with E-state index >= 15 is 0 Å². The molecule has 0 atom stereocenters. The van der Waals surface area contributed by atoms with Crippen molar-refractivity contribution in [3.05, 3.63) is 63.9 Å². The van der Waals surface area contributed by atoms with Gasteiger partial charge < -0.3 is 14.5 Å². The molecular formula is C19H17FN2O4. The van der Waals surface area contributed by atoms with E-state index in [9.17, 15) is 14.0 Å². The Morgan fingerprint density at radius 1 is 1.38 bits per heavy atom. The average Bonchev–Trinajstić information content (AvgIpc) is 3.08. The maximum Gasteiger partial charge on any atom is 0.363 e. The molecule has 0 unspecified atom stereocenters. The molecule has 0 saturated heterocycles. The zero-order valence-electron chi connectivity index (χ0n) is 14.6. The molecule has 3 rings (SSSR count). The highest BCUT2D eigenvalue weighted by Crippen LogP contribution is 2.24. The van der Waals surface area contributed by atoms with Crippen molar-refractivity contribution >= 4 is 23.9 Å². The van der Waals surface area contributed by atoms with Gasteiger partial charge in [-0.25, -0.2) is 19.0 Å². The third-order valence-electron chi connectivity index (χ3n) is 3.93. The first kappa shape index (κ1) is 17.6. The van der Waals surface area contributed by atoms with Crippen molar-refractivity contribution in [2.45, 2.75) is 20.8 Å². The van der Waals surface area contributed by atoms with Gasteiger partial charge in [0.15, 0.2) is 5.70 Å². The van der Waals surface area contributed by atoms with Crippen LogP contribution in [0.4, 0.5) is 4.39 Å². The average molecular weight is 356 g/mol. The molecule has 0 bridgehead atoms. The topological polar surface area (TPSA) is 80.8 Å². The minimum atomic E-state index is -0.645. The molecule has 134 valence electrons. The van der Waals surface area contributed by atoms with Crippen LogP contribution in [0, 0.1) is 19.7 Å². The van der Waals surface area contributed by atoms with Crippen LogP contribution in [-0.4, -0.2) is 29.4 Å². The van der Waals surface area contributed by atoms with Crippen LogP contribution in [0.1, 0.15) is 39.8 Å². The smallest absolute Gasteiger partial charge is 0.363 e. The monoisotopic (exact) mass is 356 g/mol. The van der Waals surface area contributed by atoms with Crippen LogP contribution in [0.2, 0.25) is 0 Å². The highest BCUT2D eigenvalue weighted by molar-refractivity contribution is 6.13. The largest absolute Gasteiger partial charge is 0.462 e. The van der Waals surface area contributed by atoms with Gasteiger partial charge in [0, 0.05) is 17.0 Å². The minimum absolute atomic E-state index is 0.0345. The SMILES string of the molecule is CCOC(=O)c1c(C)[nH]c(/C=C2\N=C(c3cccc(F)c3)OC2=O)c1C. The van der Waals surface area contributed by atoms with Crippen molar-refractivity contribution in [2.24, 2.45) is 4.99 Å². The number of carbonyl (C=O) groups is 2. The number of carbonyl (C=O) groups excluding carboxylic acids is 2. The number of aromatic nitrogens is 1. The Morgan fingerprint density at radius 3 is 2.85 bits per heavy atom. The Labute approximate surface area is 149 Å². The molecule has 0 amide bonds. The number of aromatic amines is 1. The van der Waals surface area contributed by atoms with E-state index < -0.39 is 17.8 Å². The first-order chi connectivity index (χ1) is 12.4. The van der Waals surface area contributed by atoms with Crippen LogP contribution >= 0.6 is 0 Å². The number of hydrogen-bond acceptors (Lipinski definition) is 5. The summed E-state index contributed by atoms with van der Waals surface area (Å²) in [5, 5.41) is 0. The second-order valence-electron chi connectivity index (χ2n) is 5.73. The van der Waals surface area contributed by atoms with Gasteiger partial charge in [0.05, 0.1) is 12.2 Å². The maximum atomic E-state index is 13.3. The van der Waals surface area contributed by atoms with Gasteiger partial charge in [-0.1, -0.05) is 6.07 Å². The van der Waals surface area contributed by atoms with Crippen molar-refractivity contribution < 1.29 is 23.5 Å².